The molecule has 0 saturated carbocycles. The molecule has 4 aliphatic rings. The van der Waals surface area contributed by atoms with E-state index in [1.165, 1.54) is 6.08 Å². The molecule has 4 heterocycles. The molecular formula is C33H51N3O7. The van der Waals surface area contributed by atoms with E-state index in [1.807, 2.05) is 14.0 Å². The average Bonchev–Trinajstić information content (AvgIpc) is 3.68. The number of nitrogens with one attached hydrogen (secondary N) is 1. The van der Waals surface area contributed by atoms with Crippen LogP contribution in [0.3, 0.4) is 0 Å². The Morgan fingerprint density at radius 3 is 2.47 bits per heavy atom. The number of epoxide rings is 1. The third kappa shape index (κ3) is 10.3. The number of carbonyl (C=O) groups is 3. The molecule has 0 aromatic rings. The molecule has 0 bridgehead atoms. The van der Waals surface area contributed by atoms with Crippen LogP contribution < -0.4 is 5.32 Å². The predicted molar refractivity (Wildman–Crippen MR) is 164 cm³/mol. The van der Waals surface area contributed by atoms with Gasteiger partial charge in [0.05, 0.1) is 42.7 Å². The van der Waals surface area contributed by atoms with E-state index in [2.05, 4.69) is 42.3 Å². The third-order valence-electron chi connectivity index (χ3n) is 8.96. The molecule has 1 N–H and O–H groups in total. The van der Waals surface area contributed by atoms with Crippen LogP contribution in [-0.4, -0.2) is 110 Å². The summed E-state index contributed by atoms with van der Waals surface area (Å²) >= 11 is 0. The molecule has 0 aliphatic carbocycles. The standard InChI is InChI=1S/C33H51N3O7/c1-22(7-10-27-19-33(21-40-33)20-28(43-27)18-24(3)37)8-11-30-23(2)17-29(26(5)42-30)34-31(38)12-9-25(4)41-32(39)36-15-13-35(6)14-16-36/h7-10,12,23,25-30H,11,13-21H2,1-6H3,(H,34,38)/b10-7+,12-9-,22-8+/t23-,25-,26+,27+,28+,29+,30-,33+/m0/s1. The summed E-state index contributed by atoms with van der Waals surface area (Å²) in [6.07, 6.45) is 12.0. The van der Waals surface area contributed by atoms with Gasteiger partial charge >= 0.3 is 6.09 Å². The van der Waals surface area contributed by atoms with E-state index in [0.29, 0.717) is 19.5 Å². The van der Waals surface area contributed by atoms with Crippen LogP contribution in [0, 0.1) is 5.92 Å². The normalized spacial score (nSPS) is 34.5. The smallest absolute Gasteiger partial charge is 0.410 e. The Hall–Kier alpha value is -2.53. The maximum Gasteiger partial charge on any atom is 0.410 e. The van der Waals surface area contributed by atoms with E-state index in [1.54, 1.807) is 24.8 Å². The van der Waals surface area contributed by atoms with Gasteiger partial charge in [0.1, 0.15) is 11.9 Å². The highest BCUT2D eigenvalue weighted by Crippen LogP contribution is 2.43. The lowest BCUT2D eigenvalue weighted by Crippen LogP contribution is -2.50. The van der Waals surface area contributed by atoms with Gasteiger partial charge in [-0.1, -0.05) is 30.7 Å². The molecular weight excluding hydrogens is 550 g/mol. The van der Waals surface area contributed by atoms with Crippen molar-refractivity contribution in [3.63, 3.8) is 0 Å². The number of allylic oxidation sites excluding steroid dienone is 2. The van der Waals surface area contributed by atoms with Crippen molar-refractivity contribution in [2.24, 2.45) is 5.92 Å². The number of ketones is 1. The van der Waals surface area contributed by atoms with Gasteiger partial charge in [0.15, 0.2) is 0 Å². The SMILES string of the molecule is CC(=O)C[C@@H]1C[C@@]2(CO2)C[C@@H](/C=C/C(C)=C/C[C@@H]2O[C@H](C)[C@H](NC(=O)/C=C\[C@H](C)OC(=O)N3CCN(C)CC3)C[C@@H]2C)O1. The molecule has 0 aromatic heterocycles. The van der Waals surface area contributed by atoms with Crippen LogP contribution in [-0.2, 0) is 28.5 Å². The number of ether oxygens (including phenoxy) is 4. The molecule has 43 heavy (non-hydrogen) atoms. The van der Waals surface area contributed by atoms with Gasteiger partial charge < -0.3 is 34.1 Å². The Bertz CT molecular complexity index is 1080. The number of hydrogen-bond donors (Lipinski definition) is 1. The fraction of sp³-hybridized carbons (Fsp3) is 0.727. The highest BCUT2D eigenvalue weighted by Gasteiger charge is 2.51. The molecule has 8 atom stereocenters. The van der Waals surface area contributed by atoms with Crippen molar-refractivity contribution >= 4 is 17.8 Å². The quantitative estimate of drug-likeness (QED) is 0.229. The Kier molecular flexibility index (Phi) is 11.6. The van der Waals surface area contributed by atoms with Gasteiger partial charge in [-0.05, 0) is 59.6 Å². The molecule has 240 valence electrons. The van der Waals surface area contributed by atoms with Crippen LogP contribution in [0.15, 0.2) is 36.0 Å². The molecule has 4 aliphatic heterocycles. The van der Waals surface area contributed by atoms with Crippen molar-refractivity contribution in [1.82, 2.24) is 15.1 Å². The maximum absolute atomic E-state index is 12.6. The molecule has 2 amide bonds. The van der Waals surface area contributed by atoms with E-state index in [-0.39, 0.29) is 59.8 Å². The molecule has 1 spiro atoms. The van der Waals surface area contributed by atoms with Crippen LogP contribution in [0.1, 0.15) is 66.7 Å². The van der Waals surface area contributed by atoms with Gasteiger partial charge in [0.25, 0.3) is 0 Å². The molecule has 10 heteroatoms. The minimum atomic E-state index is -0.500. The number of Topliss-reactive ketones (excluding diaryl/α,β-unsaturated/α-hetero) is 1. The lowest BCUT2D eigenvalue weighted by atomic mass is 9.88. The van der Waals surface area contributed by atoms with Gasteiger partial charge in [-0.3, -0.25) is 9.59 Å². The Morgan fingerprint density at radius 1 is 1.07 bits per heavy atom. The first-order valence-electron chi connectivity index (χ1n) is 15.8. The lowest BCUT2D eigenvalue weighted by Gasteiger charge is -2.39. The Labute approximate surface area is 256 Å². The number of hydrogen-bond acceptors (Lipinski definition) is 8. The van der Waals surface area contributed by atoms with E-state index in [4.69, 9.17) is 18.9 Å². The Balaban J connectivity index is 1.19. The second kappa shape index (κ2) is 15.0. The number of likely N-dealkylation sites (N-methyl/N-ethyl adjacent to an activating group) is 1. The lowest BCUT2D eigenvalue weighted by molar-refractivity contribution is -0.124. The zero-order valence-corrected chi connectivity index (χ0v) is 26.8. The number of rotatable bonds is 10. The van der Waals surface area contributed by atoms with Crippen molar-refractivity contribution in [3.8, 4) is 0 Å². The zero-order chi connectivity index (χ0) is 31.1. The summed E-state index contributed by atoms with van der Waals surface area (Å²) in [6.45, 7) is 13.3. The van der Waals surface area contributed by atoms with Crippen LogP contribution in [0.4, 0.5) is 4.79 Å². The summed E-state index contributed by atoms with van der Waals surface area (Å²) in [5, 5.41) is 3.07. The number of carbonyl (C=O) groups excluding carboxylic acids is 3. The zero-order valence-electron chi connectivity index (χ0n) is 26.8. The van der Waals surface area contributed by atoms with E-state index in [0.717, 1.165) is 51.0 Å². The number of nitrogens with zero attached hydrogens (tertiary/aromatic N) is 2. The van der Waals surface area contributed by atoms with Crippen molar-refractivity contribution in [3.05, 3.63) is 36.0 Å². The van der Waals surface area contributed by atoms with Gasteiger partial charge in [0.2, 0.25) is 5.91 Å². The first kappa shape index (κ1) is 33.4. The molecule has 0 aromatic carbocycles. The number of amides is 2. The summed E-state index contributed by atoms with van der Waals surface area (Å²) in [5.74, 6) is 0.191. The highest BCUT2D eigenvalue weighted by atomic mass is 16.6. The molecule has 10 nitrogen and oxygen atoms in total. The molecule has 4 saturated heterocycles. The van der Waals surface area contributed by atoms with E-state index in [9.17, 15) is 14.4 Å². The third-order valence-corrected chi connectivity index (χ3v) is 8.96. The van der Waals surface area contributed by atoms with Crippen LogP contribution in [0.25, 0.3) is 0 Å². The maximum atomic E-state index is 12.6. The van der Waals surface area contributed by atoms with Gasteiger partial charge in [-0.15, -0.1) is 0 Å². The second-order valence-electron chi connectivity index (χ2n) is 13.1. The van der Waals surface area contributed by atoms with E-state index >= 15 is 0 Å². The topological polar surface area (TPSA) is 110 Å². The average molecular weight is 602 g/mol. The summed E-state index contributed by atoms with van der Waals surface area (Å²) < 4.78 is 23.7. The predicted octanol–water partition coefficient (Wildman–Crippen LogP) is 3.80. The van der Waals surface area contributed by atoms with Gasteiger partial charge in [-0.25, -0.2) is 4.79 Å². The molecule has 0 radical (unpaired) electrons. The van der Waals surface area contributed by atoms with Crippen LogP contribution >= 0.6 is 0 Å². The van der Waals surface area contributed by atoms with Crippen molar-refractivity contribution in [2.45, 2.75) is 109 Å². The fourth-order valence-corrected chi connectivity index (χ4v) is 6.16. The molecule has 4 fully saturated rings. The van der Waals surface area contributed by atoms with E-state index < -0.39 is 6.10 Å². The first-order chi connectivity index (χ1) is 20.4. The highest BCUT2D eigenvalue weighted by molar-refractivity contribution is 5.87. The minimum absolute atomic E-state index is 0.0563. The minimum Gasteiger partial charge on any atom is -0.442 e. The van der Waals surface area contributed by atoms with Gasteiger partial charge in [0, 0.05) is 51.5 Å². The van der Waals surface area contributed by atoms with Crippen molar-refractivity contribution in [2.75, 3.05) is 39.8 Å². The largest absolute Gasteiger partial charge is 0.442 e. The first-order valence-corrected chi connectivity index (χ1v) is 15.8. The number of piperazine rings is 1. The summed E-state index contributed by atoms with van der Waals surface area (Å²) in [7, 11) is 2.03. The van der Waals surface area contributed by atoms with Gasteiger partial charge in [-0.2, -0.15) is 0 Å². The van der Waals surface area contributed by atoms with Crippen molar-refractivity contribution in [1.29, 1.82) is 0 Å². The van der Waals surface area contributed by atoms with Crippen LogP contribution in [0.2, 0.25) is 0 Å². The van der Waals surface area contributed by atoms with Crippen LogP contribution in [0.5, 0.6) is 0 Å². The fourth-order valence-electron chi connectivity index (χ4n) is 6.16. The summed E-state index contributed by atoms with van der Waals surface area (Å²) in [5.41, 5.74) is 1.03. The summed E-state index contributed by atoms with van der Waals surface area (Å²) in [6, 6.07) is -0.0973. The van der Waals surface area contributed by atoms with Crippen molar-refractivity contribution < 1.29 is 33.3 Å². The molecule has 4 rings (SSSR count). The molecule has 0 unspecified atom stereocenters. The second-order valence-corrected chi connectivity index (χ2v) is 13.1. The monoisotopic (exact) mass is 601 g/mol. The summed E-state index contributed by atoms with van der Waals surface area (Å²) in [4.78, 5) is 40.5. The Morgan fingerprint density at radius 2 is 1.79 bits per heavy atom.